The van der Waals surface area contributed by atoms with Crippen molar-refractivity contribution in [3.8, 4) is 0 Å². The smallest absolute Gasteiger partial charge is 0.326 e. The van der Waals surface area contributed by atoms with E-state index in [1.807, 2.05) is 92.2 Å². The zero-order valence-electron chi connectivity index (χ0n) is 21.6. The number of carbonyl (C=O) groups is 2. The first-order chi connectivity index (χ1) is 17.2. The molecule has 2 heterocycles. The van der Waals surface area contributed by atoms with Crippen molar-refractivity contribution < 1.29 is 14.3 Å². The van der Waals surface area contributed by atoms with Crippen LogP contribution in [-0.2, 0) is 29.0 Å². The molecule has 0 aliphatic carbocycles. The third kappa shape index (κ3) is 5.85. The Morgan fingerprint density at radius 1 is 1.08 bits per heavy atom. The molecule has 0 atom stereocenters. The van der Waals surface area contributed by atoms with E-state index in [9.17, 15) is 9.59 Å². The Balaban J connectivity index is 1.74. The van der Waals surface area contributed by atoms with E-state index in [4.69, 9.17) is 9.72 Å². The lowest BCUT2D eigenvalue weighted by molar-refractivity contribution is -0.155. The van der Waals surface area contributed by atoms with Crippen LogP contribution in [0.4, 0.5) is 5.69 Å². The van der Waals surface area contributed by atoms with E-state index in [0.717, 1.165) is 51.4 Å². The van der Waals surface area contributed by atoms with Crippen LogP contribution >= 0.6 is 11.3 Å². The molecule has 2 aromatic carbocycles. The van der Waals surface area contributed by atoms with Gasteiger partial charge < -0.3 is 14.2 Å². The summed E-state index contributed by atoms with van der Waals surface area (Å²) in [5, 5.41) is 1.95. The van der Waals surface area contributed by atoms with E-state index in [1.54, 1.807) is 4.90 Å². The standard InChI is InChI=1S/C29H33N3O3S/c1-6-10-25-30-23-17-22(13-14-24(23)32(25)19-26(33)35-29(3,4)5)31(18-21-11-8-7-9-12-21)28(34)27-20(2)15-16-36-27/h7-9,11-17H,6,10,18-19H2,1-5H3. The lowest BCUT2D eigenvalue weighted by atomic mass is 10.1. The Kier molecular flexibility index (Phi) is 7.59. The summed E-state index contributed by atoms with van der Waals surface area (Å²) >= 11 is 1.46. The van der Waals surface area contributed by atoms with Gasteiger partial charge in [-0.3, -0.25) is 9.59 Å². The Labute approximate surface area is 216 Å². The number of ether oxygens (including phenoxy) is 1. The van der Waals surface area contributed by atoms with Gasteiger partial charge in [0.2, 0.25) is 0 Å². The quantitative estimate of drug-likeness (QED) is 0.256. The van der Waals surface area contributed by atoms with E-state index in [2.05, 4.69) is 6.92 Å². The highest BCUT2D eigenvalue weighted by molar-refractivity contribution is 7.12. The number of hydrogen-bond donors (Lipinski definition) is 0. The summed E-state index contributed by atoms with van der Waals surface area (Å²) < 4.78 is 7.50. The molecule has 0 spiro atoms. The van der Waals surface area contributed by atoms with Crippen LogP contribution in [0.25, 0.3) is 11.0 Å². The second-order valence-corrected chi connectivity index (χ2v) is 10.8. The van der Waals surface area contributed by atoms with Crippen molar-refractivity contribution in [2.24, 2.45) is 0 Å². The Bertz CT molecular complexity index is 1370. The number of benzene rings is 2. The normalized spacial score (nSPS) is 11.6. The molecular formula is C29H33N3O3S. The third-order valence-corrected chi connectivity index (χ3v) is 6.79. The number of imidazole rings is 1. The van der Waals surface area contributed by atoms with Gasteiger partial charge in [0, 0.05) is 12.1 Å². The van der Waals surface area contributed by atoms with Gasteiger partial charge in [0.1, 0.15) is 18.0 Å². The van der Waals surface area contributed by atoms with Crippen molar-refractivity contribution in [2.75, 3.05) is 4.90 Å². The second kappa shape index (κ2) is 10.7. The number of esters is 1. The fourth-order valence-electron chi connectivity index (χ4n) is 4.19. The van der Waals surface area contributed by atoms with Gasteiger partial charge in [-0.05, 0) is 74.9 Å². The molecule has 0 bridgehead atoms. The van der Waals surface area contributed by atoms with Crippen molar-refractivity contribution in [3.63, 3.8) is 0 Å². The van der Waals surface area contributed by atoms with Crippen molar-refractivity contribution in [1.82, 2.24) is 9.55 Å². The number of fused-ring (bicyclic) bond motifs is 1. The third-order valence-electron chi connectivity index (χ3n) is 5.79. The number of aromatic nitrogens is 2. The van der Waals surface area contributed by atoms with Gasteiger partial charge in [-0.15, -0.1) is 11.3 Å². The molecule has 0 fully saturated rings. The Morgan fingerprint density at radius 2 is 1.83 bits per heavy atom. The first-order valence-electron chi connectivity index (χ1n) is 12.3. The fraction of sp³-hybridized carbons (Fsp3) is 0.345. The molecule has 1 amide bonds. The lowest BCUT2D eigenvalue weighted by Crippen LogP contribution is -2.30. The Morgan fingerprint density at radius 3 is 2.47 bits per heavy atom. The Hall–Kier alpha value is -3.45. The van der Waals surface area contributed by atoms with Crippen molar-refractivity contribution >= 4 is 39.9 Å². The average molecular weight is 504 g/mol. The van der Waals surface area contributed by atoms with Gasteiger partial charge in [-0.1, -0.05) is 37.3 Å². The molecular weight excluding hydrogens is 470 g/mol. The number of hydrogen-bond acceptors (Lipinski definition) is 5. The maximum Gasteiger partial charge on any atom is 0.326 e. The van der Waals surface area contributed by atoms with Gasteiger partial charge >= 0.3 is 5.97 Å². The van der Waals surface area contributed by atoms with Gasteiger partial charge in [-0.25, -0.2) is 4.98 Å². The first-order valence-corrected chi connectivity index (χ1v) is 13.1. The van der Waals surface area contributed by atoms with E-state index in [0.29, 0.717) is 6.54 Å². The number of nitrogens with zero attached hydrogens (tertiary/aromatic N) is 3. The zero-order chi connectivity index (χ0) is 25.9. The van der Waals surface area contributed by atoms with Gasteiger partial charge in [0.15, 0.2) is 0 Å². The van der Waals surface area contributed by atoms with E-state index < -0.39 is 5.60 Å². The highest BCUT2D eigenvalue weighted by Gasteiger charge is 2.23. The molecule has 0 saturated carbocycles. The van der Waals surface area contributed by atoms with Crippen LogP contribution in [0.1, 0.15) is 60.7 Å². The molecule has 4 rings (SSSR count). The molecule has 36 heavy (non-hydrogen) atoms. The van der Waals surface area contributed by atoms with Crippen LogP contribution in [0.3, 0.4) is 0 Å². The molecule has 6 nitrogen and oxygen atoms in total. The molecule has 0 unspecified atom stereocenters. The average Bonchev–Trinajstić information content (AvgIpc) is 3.39. The minimum atomic E-state index is -0.552. The molecule has 7 heteroatoms. The molecule has 2 aromatic heterocycles. The summed E-state index contributed by atoms with van der Waals surface area (Å²) in [5.74, 6) is 0.510. The van der Waals surface area contributed by atoms with Crippen LogP contribution in [0.15, 0.2) is 60.0 Å². The number of anilines is 1. The summed E-state index contributed by atoms with van der Waals surface area (Å²) in [6.45, 7) is 10.2. The number of carbonyl (C=O) groups excluding carboxylic acids is 2. The van der Waals surface area contributed by atoms with Crippen LogP contribution in [0.5, 0.6) is 0 Å². The maximum atomic E-state index is 13.7. The minimum absolute atomic E-state index is 0.0346. The topological polar surface area (TPSA) is 64.4 Å². The van der Waals surface area contributed by atoms with E-state index in [-0.39, 0.29) is 18.4 Å². The predicted molar refractivity (Wildman–Crippen MR) is 146 cm³/mol. The van der Waals surface area contributed by atoms with Gasteiger partial charge in [0.25, 0.3) is 5.91 Å². The second-order valence-electron chi connectivity index (χ2n) is 9.93. The molecule has 0 N–H and O–H groups in total. The molecule has 0 radical (unpaired) electrons. The SMILES string of the molecule is CCCc1nc2cc(N(Cc3ccccc3)C(=O)c3sccc3C)ccc2n1CC(=O)OC(C)(C)C. The number of amides is 1. The number of thiophene rings is 1. The van der Waals surface area contributed by atoms with Crippen LogP contribution < -0.4 is 4.90 Å². The summed E-state index contributed by atoms with van der Waals surface area (Å²) in [4.78, 5) is 33.7. The minimum Gasteiger partial charge on any atom is -0.459 e. The zero-order valence-corrected chi connectivity index (χ0v) is 22.4. The van der Waals surface area contributed by atoms with Gasteiger partial charge in [0.05, 0.1) is 22.5 Å². The highest BCUT2D eigenvalue weighted by atomic mass is 32.1. The summed E-state index contributed by atoms with van der Waals surface area (Å²) in [5.41, 5.74) is 3.84. The monoisotopic (exact) mass is 503 g/mol. The largest absolute Gasteiger partial charge is 0.459 e. The molecule has 0 aliphatic rings. The molecule has 0 aliphatic heterocycles. The summed E-state index contributed by atoms with van der Waals surface area (Å²) in [6, 6.07) is 17.8. The summed E-state index contributed by atoms with van der Waals surface area (Å²) in [7, 11) is 0. The number of rotatable bonds is 8. The maximum absolute atomic E-state index is 13.7. The lowest BCUT2D eigenvalue weighted by Gasteiger charge is -2.23. The molecule has 188 valence electrons. The fourth-order valence-corrected chi connectivity index (χ4v) is 5.06. The van der Waals surface area contributed by atoms with Crippen molar-refractivity contribution in [3.05, 3.63) is 81.8 Å². The summed E-state index contributed by atoms with van der Waals surface area (Å²) in [6.07, 6.45) is 1.65. The number of aryl methyl sites for hydroxylation is 2. The van der Waals surface area contributed by atoms with Crippen LogP contribution in [0.2, 0.25) is 0 Å². The van der Waals surface area contributed by atoms with Crippen molar-refractivity contribution in [1.29, 1.82) is 0 Å². The van der Waals surface area contributed by atoms with E-state index in [1.165, 1.54) is 11.3 Å². The van der Waals surface area contributed by atoms with Crippen molar-refractivity contribution in [2.45, 2.75) is 66.2 Å². The highest BCUT2D eigenvalue weighted by Crippen LogP contribution is 2.28. The van der Waals surface area contributed by atoms with Crippen LogP contribution in [0, 0.1) is 6.92 Å². The molecule has 4 aromatic rings. The van der Waals surface area contributed by atoms with E-state index >= 15 is 0 Å². The first kappa shape index (κ1) is 25.6. The molecule has 0 saturated heterocycles. The predicted octanol–water partition coefficient (Wildman–Crippen LogP) is 6.55. The van der Waals surface area contributed by atoms with Crippen LogP contribution in [-0.4, -0.2) is 27.0 Å². The van der Waals surface area contributed by atoms with Gasteiger partial charge in [-0.2, -0.15) is 0 Å².